The van der Waals surface area contributed by atoms with Crippen molar-refractivity contribution in [2.45, 2.75) is 30.7 Å². The van der Waals surface area contributed by atoms with Crippen molar-refractivity contribution in [2.24, 2.45) is 0 Å². The molecule has 0 spiro atoms. The molecule has 0 radical (unpaired) electrons. The van der Waals surface area contributed by atoms with E-state index in [1.54, 1.807) is 0 Å². The molecule has 5 heteroatoms. The van der Waals surface area contributed by atoms with E-state index in [1.165, 1.54) is 11.8 Å². The molecule has 3 nitrogen and oxygen atoms in total. The molecule has 1 unspecified atom stereocenters. The minimum atomic E-state index is -3.01. The van der Waals surface area contributed by atoms with Crippen LogP contribution >= 0.6 is 11.6 Å². The van der Waals surface area contributed by atoms with Crippen LogP contribution in [0.3, 0.4) is 0 Å². The molecule has 2 rings (SSSR count). The van der Waals surface area contributed by atoms with Gasteiger partial charge >= 0.3 is 0 Å². The number of nitrogens with zero attached hydrogens (tertiary/aromatic N) is 1. The van der Waals surface area contributed by atoms with Gasteiger partial charge in [0.05, 0.1) is 5.75 Å². The van der Waals surface area contributed by atoms with Gasteiger partial charge in [0, 0.05) is 22.7 Å². The SMILES string of the molecule is CN(C)C(CS(C)(=O)=O)C1(c2ccc(Cl)cc2)CCC1. The summed E-state index contributed by atoms with van der Waals surface area (Å²) in [5, 5.41) is 0.715. The van der Waals surface area contributed by atoms with Crippen LogP contribution in [0.25, 0.3) is 0 Å². The van der Waals surface area contributed by atoms with E-state index in [1.807, 2.05) is 38.4 Å². The van der Waals surface area contributed by atoms with Gasteiger partial charge in [-0.1, -0.05) is 30.2 Å². The Kier molecular flexibility index (Phi) is 4.47. The largest absolute Gasteiger partial charge is 0.305 e. The molecule has 1 aromatic carbocycles. The average molecular weight is 316 g/mol. The topological polar surface area (TPSA) is 37.4 Å². The summed E-state index contributed by atoms with van der Waals surface area (Å²) in [6.45, 7) is 0. The monoisotopic (exact) mass is 315 g/mol. The van der Waals surface area contributed by atoms with E-state index in [-0.39, 0.29) is 17.2 Å². The Morgan fingerprint density at radius 2 is 1.80 bits per heavy atom. The van der Waals surface area contributed by atoms with Crippen molar-refractivity contribution in [1.82, 2.24) is 4.90 Å². The first kappa shape index (κ1) is 15.8. The van der Waals surface area contributed by atoms with Crippen molar-refractivity contribution in [3.63, 3.8) is 0 Å². The lowest BCUT2D eigenvalue weighted by molar-refractivity contribution is 0.111. The van der Waals surface area contributed by atoms with Crippen LogP contribution in [0.1, 0.15) is 24.8 Å². The van der Waals surface area contributed by atoms with E-state index < -0.39 is 9.84 Å². The minimum absolute atomic E-state index is 0.00688. The number of sulfone groups is 1. The second-order valence-corrected chi connectivity index (χ2v) is 8.71. The Balaban J connectivity index is 2.39. The second-order valence-electron chi connectivity index (χ2n) is 6.09. The van der Waals surface area contributed by atoms with Gasteiger partial charge in [0.2, 0.25) is 0 Å². The molecule has 0 N–H and O–H groups in total. The summed E-state index contributed by atoms with van der Waals surface area (Å²) >= 11 is 5.97. The third kappa shape index (κ3) is 3.18. The van der Waals surface area contributed by atoms with Gasteiger partial charge in [-0.3, -0.25) is 0 Å². The highest BCUT2D eigenvalue weighted by molar-refractivity contribution is 7.90. The Labute approximate surface area is 126 Å². The van der Waals surface area contributed by atoms with E-state index in [9.17, 15) is 8.42 Å². The molecular formula is C15H22ClNO2S. The Hall–Kier alpha value is -0.580. The van der Waals surface area contributed by atoms with Crippen LogP contribution in [-0.4, -0.2) is 45.5 Å². The van der Waals surface area contributed by atoms with Crippen molar-refractivity contribution in [3.8, 4) is 0 Å². The van der Waals surface area contributed by atoms with E-state index in [4.69, 9.17) is 11.6 Å². The zero-order valence-electron chi connectivity index (χ0n) is 12.3. The van der Waals surface area contributed by atoms with Crippen LogP contribution in [0.5, 0.6) is 0 Å². The van der Waals surface area contributed by atoms with Crippen LogP contribution in [0.15, 0.2) is 24.3 Å². The molecule has 1 fully saturated rings. The predicted molar refractivity (Wildman–Crippen MR) is 84.2 cm³/mol. The molecule has 0 saturated heterocycles. The van der Waals surface area contributed by atoms with Gasteiger partial charge in [0.15, 0.2) is 0 Å². The molecule has 0 bridgehead atoms. The van der Waals surface area contributed by atoms with Crippen molar-refractivity contribution in [3.05, 3.63) is 34.9 Å². The maximum atomic E-state index is 11.8. The maximum Gasteiger partial charge on any atom is 0.149 e. The van der Waals surface area contributed by atoms with Crippen LogP contribution < -0.4 is 0 Å². The highest BCUT2D eigenvalue weighted by atomic mass is 35.5. The number of halogens is 1. The fourth-order valence-corrected chi connectivity index (χ4v) is 4.56. The van der Waals surface area contributed by atoms with E-state index in [0.29, 0.717) is 5.02 Å². The van der Waals surface area contributed by atoms with Gasteiger partial charge in [-0.15, -0.1) is 0 Å². The normalized spacial score (nSPS) is 19.6. The molecule has 1 atom stereocenters. The number of likely N-dealkylation sites (N-methyl/N-ethyl adjacent to an activating group) is 1. The molecule has 112 valence electrons. The summed E-state index contributed by atoms with van der Waals surface area (Å²) < 4.78 is 23.5. The van der Waals surface area contributed by atoms with Crippen LogP contribution in [-0.2, 0) is 15.3 Å². The van der Waals surface area contributed by atoms with E-state index >= 15 is 0 Å². The molecule has 20 heavy (non-hydrogen) atoms. The zero-order valence-corrected chi connectivity index (χ0v) is 13.8. The van der Waals surface area contributed by atoms with Crippen LogP contribution in [0.2, 0.25) is 5.02 Å². The predicted octanol–water partition coefficient (Wildman–Crippen LogP) is 2.74. The van der Waals surface area contributed by atoms with Crippen molar-refractivity contribution in [2.75, 3.05) is 26.1 Å². The number of benzene rings is 1. The van der Waals surface area contributed by atoms with Crippen molar-refractivity contribution in [1.29, 1.82) is 0 Å². The highest BCUT2D eigenvalue weighted by Gasteiger charge is 2.47. The molecule has 1 saturated carbocycles. The first-order valence-electron chi connectivity index (χ1n) is 6.85. The van der Waals surface area contributed by atoms with E-state index in [2.05, 4.69) is 4.90 Å². The first-order chi connectivity index (χ1) is 9.24. The van der Waals surface area contributed by atoms with Gasteiger partial charge in [0.1, 0.15) is 9.84 Å². The number of rotatable bonds is 5. The zero-order chi connectivity index (χ0) is 15.0. The summed E-state index contributed by atoms with van der Waals surface area (Å²) in [4.78, 5) is 2.05. The maximum absolute atomic E-state index is 11.8. The second kappa shape index (κ2) is 5.66. The minimum Gasteiger partial charge on any atom is -0.305 e. The van der Waals surface area contributed by atoms with Gasteiger partial charge in [-0.05, 0) is 44.6 Å². The summed E-state index contributed by atoms with van der Waals surface area (Å²) in [5.74, 6) is 0.197. The smallest absolute Gasteiger partial charge is 0.149 e. The molecule has 0 aromatic heterocycles. The molecule has 1 aliphatic carbocycles. The van der Waals surface area contributed by atoms with Gasteiger partial charge in [-0.25, -0.2) is 8.42 Å². The highest BCUT2D eigenvalue weighted by Crippen LogP contribution is 2.48. The summed E-state index contributed by atoms with van der Waals surface area (Å²) in [5.41, 5.74) is 1.15. The molecule has 0 amide bonds. The third-order valence-corrected chi connectivity index (χ3v) is 5.56. The van der Waals surface area contributed by atoms with E-state index in [0.717, 1.165) is 19.3 Å². The third-order valence-electron chi connectivity index (χ3n) is 4.39. The first-order valence-corrected chi connectivity index (χ1v) is 9.29. The lowest BCUT2D eigenvalue weighted by atomic mass is 9.60. The van der Waals surface area contributed by atoms with Crippen molar-refractivity contribution >= 4 is 21.4 Å². The summed E-state index contributed by atoms with van der Waals surface area (Å²) in [7, 11) is 0.917. The number of hydrogen-bond donors (Lipinski definition) is 0. The van der Waals surface area contributed by atoms with Crippen LogP contribution in [0.4, 0.5) is 0 Å². The van der Waals surface area contributed by atoms with Gasteiger partial charge in [-0.2, -0.15) is 0 Å². The molecule has 1 aliphatic rings. The number of hydrogen-bond acceptors (Lipinski definition) is 3. The summed E-state index contributed by atoms with van der Waals surface area (Å²) in [6.07, 6.45) is 4.54. The molecule has 0 aliphatic heterocycles. The van der Waals surface area contributed by atoms with Crippen LogP contribution in [0, 0.1) is 0 Å². The fourth-order valence-electron chi connectivity index (χ4n) is 3.24. The van der Waals surface area contributed by atoms with Gasteiger partial charge in [0.25, 0.3) is 0 Å². The van der Waals surface area contributed by atoms with Gasteiger partial charge < -0.3 is 4.90 Å². The molecular weight excluding hydrogens is 294 g/mol. The lowest BCUT2D eigenvalue weighted by Gasteiger charge is -2.50. The Morgan fingerprint density at radius 1 is 1.25 bits per heavy atom. The van der Waals surface area contributed by atoms with Crippen molar-refractivity contribution < 1.29 is 8.42 Å². The molecule has 0 heterocycles. The molecule has 1 aromatic rings. The lowest BCUT2D eigenvalue weighted by Crippen LogP contribution is -2.55. The average Bonchev–Trinajstić information content (AvgIpc) is 2.27. The Morgan fingerprint density at radius 3 is 2.15 bits per heavy atom. The Bertz CT molecular complexity index is 562. The quantitative estimate of drug-likeness (QED) is 0.838. The standard InChI is InChI=1S/C15H22ClNO2S/c1-17(2)14(11-20(3,18)19)15(9-4-10-15)12-5-7-13(16)8-6-12/h5-8,14H,4,9-11H2,1-3H3. The fraction of sp³-hybridized carbons (Fsp3) is 0.600. The summed E-state index contributed by atoms with van der Waals surface area (Å²) in [6, 6.07) is 7.88.